The van der Waals surface area contributed by atoms with Crippen LogP contribution in [0.1, 0.15) is 16.1 Å². The van der Waals surface area contributed by atoms with E-state index in [1.54, 1.807) is 0 Å². The molecule has 12 nitrogen and oxygen atoms in total. The highest BCUT2D eigenvalue weighted by atomic mass is 32.2. The van der Waals surface area contributed by atoms with E-state index >= 15 is 0 Å². The van der Waals surface area contributed by atoms with Crippen LogP contribution in [0, 0.1) is 10.1 Å². The number of aromatic hydroxyl groups is 1. The average Bonchev–Trinajstić information content (AvgIpc) is 2.88. The molecule has 0 saturated carbocycles. The summed E-state index contributed by atoms with van der Waals surface area (Å²) in [4.78, 5) is 25.8. The number of carboxylic acids is 1. The van der Waals surface area contributed by atoms with Crippen molar-refractivity contribution in [3.63, 3.8) is 0 Å². The lowest BCUT2D eigenvalue weighted by Crippen LogP contribution is -2.19. The minimum Gasteiger partial charge on any atom is -0.507 e. The molecule has 0 spiro atoms. The monoisotopic (exact) mass is 369 g/mol. The van der Waals surface area contributed by atoms with E-state index in [0.29, 0.717) is 0 Å². The van der Waals surface area contributed by atoms with Gasteiger partial charge >= 0.3 is 11.9 Å². The minimum atomic E-state index is -4.21. The Hall–Kier alpha value is -3.48. The summed E-state index contributed by atoms with van der Waals surface area (Å²) in [6.45, 7) is 0. The second kappa shape index (κ2) is 6.56. The summed E-state index contributed by atoms with van der Waals surface area (Å²) in [7, 11) is -2.86. The fourth-order valence-corrected chi connectivity index (χ4v) is 2.59. The minimum absolute atomic E-state index is 0.159. The summed E-state index contributed by atoms with van der Waals surface area (Å²) < 4.78 is 25.2. The van der Waals surface area contributed by atoms with Crippen molar-refractivity contribution in [2.75, 3.05) is 0 Å². The van der Waals surface area contributed by atoms with Gasteiger partial charge in [-0.25, -0.2) is 9.36 Å². The molecule has 13 heteroatoms. The third-order valence-electron chi connectivity index (χ3n) is 3.04. The van der Waals surface area contributed by atoms with Crippen LogP contribution in [0.4, 0.5) is 5.95 Å². The smallest absolute Gasteiger partial charge is 0.434 e. The van der Waals surface area contributed by atoms with Crippen LogP contribution < -0.4 is 4.83 Å². The Morgan fingerprint density at radius 1 is 1.48 bits per heavy atom. The lowest BCUT2D eigenvalue weighted by molar-refractivity contribution is -0.396. The zero-order valence-electron chi connectivity index (χ0n) is 12.5. The van der Waals surface area contributed by atoms with E-state index in [1.807, 2.05) is 4.83 Å². The first kappa shape index (κ1) is 17.9. The Morgan fingerprint density at radius 3 is 2.72 bits per heavy atom. The van der Waals surface area contributed by atoms with Gasteiger partial charge in [-0.15, -0.1) is 0 Å². The number of carbonyl (C=O) groups is 1. The number of nitrogens with zero attached hydrogens (tertiary/aromatic N) is 4. The largest absolute Gasteiger partial charge is 0.507 e. The van der Waals surface area contributed by atoms with Crippen molar-refractivity contribution in [1.82, 2.24) is 14.4 Å². The van der Waals surface area contributed by atoms with Gasteiger partial charge in [-0.3, -0.25) is 0 Å². The number of aromatic carboxylic acids is 1. The van der Waals surface area contributed by atoms with Gasteiger partial charge < -0.3 is 20.3 Å². The molecule has 2 rings (SSSR count). The summed E-state index contributed by atoms with van der Waals surface area (Å²) in [5.74, 6) is -2.54. The molecule has 0 saturated heterocycles. The average molecular weight is 369 g/mol. The maximum Gasteiger partial charge on any atom is 0.434 e. The molecule has 0 aliphatic heterocycles. The molecule has 0 aliphatic rings. The van der Waals surface area contributed by atoms with Crippen molar-refractivity contribution in [2.45, 2.75) is 4.90 Å². The van der Waals surface area contributed by atoms with E-state index in [0.717, 1.165) is 35.2 Å². The van der Waals surface area contributed by atoms with Gasteiger partial charge in [0.1, 0.15) is 17.5 Å². The topological polar surface area (TPSA) is 177 Å². The normalized spacial score (nSPS) is 11.6. The summed E-state index contributed by atoms with van der Waals surface area (Å²) >= 11 is 0. The van der Waals surface area contributed by atoms with Crippen molar-refractivity contribution in [2.24, 2.45) is 12.1 Å². The van der Waals surface area contributed by atoms with Crippen molar-refractivity contribution < 1.29 is 28.3 Å². The van der Waals surface area contributed by atoms with Crippen LogP contribution in [-0.2, 0) is 17.1 Å². The summed E-state index contributed by atoms with van der Waals surface area (Å²) in [5, 5.41) is 32.4. The van der Waals surface area contributed by atoms with Gasteiger partial charge in [-0.2, -0.15) is 18.4 Å². The van der Waals surface area contributed by atoms with Gasteiger partial charge in [-0.05, 0) is 23.1 Å². The number of nitrogens with one attached hydrogen (secondary N) is 1. The second-order valence-corrected chi connectivity index (χ2v) is 6.30. The molecule has 1 heterocycles. The quantitative estimate of drug-likeness (QED) is 0.363. The first-order chi connectivity index (χ1) is 11.6. The fourth-order valence-electron chi connectivity index (χ4n) is 1.77. The Labute approximate surface area is 140 Å². The van der Waals surface area contributed by atoms with Crippen LogP contribution in [0.25, 0.3) is 0 Å². The van der Waals surface area contributed by atoms with Crippen LogP contribution >= 0.6 is 0 Å². The third kappa shape index (κ3) is 3.72. The van der Waals surface area contributed by atoms with Crippen molar-refractivity contribution in [1.29, 1.82) is 0 Å². The first-order valence-electron chi connectivity index (χ1n) is 6.41. The number of imidazole rings is 1. The van der Waals surface area contributed by atoms with Gasteiger partial charge in [0.25, 0.3) is 10.0 Å². The number of phenols is 1. The van der Waals surface area contributed by atoms with E-state index < -0.39 is 43.1 Å². The number of hydrogen-bond acceptors (Lipinski definition) is 8. The molecule has 1 aromatic heterocycles. The predicted octanol–water partition coefficient (Wildman–Crippen LogP) is 0.0445. The van der Waals surface area contributed by atoms with Crippen LogP contribution in [-0.4, -0.2) is 45.3 Å². The van der Waals surface area contributed by atoms with E-state index in [1.165, 1.54) is 7.05 Å². The Bertz CT molecular complexity index is 980. The third-order valence-corrected chi connectivity index (χ3v) is 4.26. The maximum absolute atomic E-state index is 12.1. The van der Waals surface area contributed by atoms with Crippen molar-refractivity contribution in [3.8, 4) is 5.75 Å². The Kier molecular flexibility index (Phi) is 4.69. The summed E-state index contributed by atoms with van der Waals surface area (Å²) in [6.07, 6.45) is 2.12. The number of hydrazone groups is 1. The second-order valence-electron chi connectivity index (χ2n) is 4.64. The molecule has 0 amide bonds. The highest BCUT2D eigenvalue weighted by molar-refractivity contribution is 7.89. The van der Waals surface area contributed by atoms with E-state index in [9.17, 15) is 28.4 Å². The number of aromatic nitrogens is 2. The van der Waals surface area contributed by atoms with Crippen molar-refractivity contribution in [3.05, 3.63) is 45.8 Å². The lowest BCUT2D eigenvalue weighted by Gasteiger charge is -2.05. The lowest BCUT2D eigenvalue weighted by atomic mass is 10.2. The SMILES string of the molecule is Cn1c(C=NNS(=O)(=O)c2ccc(O)c(C(=O)O)c2)cnc1[N+](=O)[O-]. The molecular formula is C12H11N5O7S. The Balaban J connectivity index is 2.24. The van der Waals surface area contributed by atoms with Gasteiger partial charge in [-0.1, -0.05) is 4.98 Å². The van der Waals surface area contributed by atoms with Crippen LogP contribution in [0.2, 0.25) is 0 Å². The van der Waals surface area contributed by atoms with E-state index in [2.05, 4.69) is 10.1 Å². The molecule has 1 aromatic carbocycles. The summed E-state index contributed by atoms with van der Waals surface area (Å²) in [6, 6.07) is 2.69. The van der Waals surface area contributed by atoms with E-state index in [4.69, 9.17) is 5.11 Å². The number of hydrogen-bond donors (Lipinski definition) is 3. The van der Waals surface area contributed by atoms with Crippen molar-refractivity contribution >= 4 is 28.2 Å². The Morgan fingerprint density at radius 2 is 2.16 bits per heavy atom. The molecule has 25 heavy (non-hydrogen) atoms. The molecule has 3 N–H and O–H groups in total. The fraction of sp³-hybridized carbons (Fsp3) is 0.0833. The summed E-state index contributed by atoms with van der Waals surface area (Å²) in [5.41, 5.74) is -0.430. The first-order valence-corrected chi connectivity index (χ1v) is 7.89. The highest BCUT2D eigenvalue weighted by Crippen LogP contribution is 2.21. The zero-order chi connectivity index (χ0) is 18.8. The van der Waals surface area contributed by atoms with Gasteiger partial charge in [0.15, 0.2) is 5.69 Å². The molecule has 2 aromatic rings. The molecule has 0 atom stereocenters. The predicted molar refractivity (Wildman–Crippen MR) is 82.8 cm³/mol. The molecule has 132 valence electrons. The standard InChI is InChI=1S/C12H11N5O7S/c1-16-7(5-13-12(16)17(21)22)6-14-15-25(23,24)8-2-3-10(18)9(4-8)11(19)20/h2-6,15,18H,1H3,(H,19,20). The maximum atomic E-state index is 12.1. The molecule has 0 fully saturated rings. The van der Waals surface area contributed by atoms with Gasteiger partial charge in [0.05, 0.1) is 18.2 Å². The molecule has 0 bridgehead atoms. The number of nitro groups is 1. The zero-order valence-corrected chi connectivity index (χ0v) is 13.3. The van der Waals surface area contributed by atoms with Crippen LogP contribution in [0.3, 0.4) is 0 Å². The van der Waals surface area contributed by atoms with Gasteiger partial charge in [0.2, 0.25) is 0 Å². The number of benzene rings is 1. The van der Waals surface area contributed by atoms with Gasteiger partial charge in [0, 0.05) is 0 Å². The molecule has 0 aliphatic carbocycles. The molecule has 0 unspecified atom stereocenters. The van der Waals surface area contributed by atoms with Crippen LogP contribution in [0.15, 0.2) is 34.4 Å². The highest BCUT2D eigenvalue weighted by Gasteiger charge is 2.19. The number of carboxylic acid groups (broad SMARTS) is 1. The van der Waals surface area contributed by atoms with E-state index in [-0.39, 0.29) is 5.69 Å². The molecule has 0 radical (unpaired) electrons. The van der Waals surface area contributed by atoms with Crippen LogP contribution in [0.5, 0.6) is 5.75 Å². The number of rotatable bonds is 6. The number of sulfonamides is 1. The molecular weight excluding hydrogens is 358 g/mol.